The molecule has 0 spiro atoms. The Balaban J connectivity index is 1.13. The Morgan fingerprint density at radius 3 is 1.58 bits per heavy atom. The maximum absolute atomic E-state index is 8.49. The average molecular weight is 643 g/mol. The Morgan fingerprint density at radius 2 is 0.840 bits per heavy atom. The van der Waals surface area contributed by atoms with Crippen LogP contribution in [-0.2, 0) is 0 Å². The van der Waals surface area contributed by atoms with E-state index in [0.29, 0.717) is 23.0 Å². The summed E-state index contributed by atoms with van der Waals surface area (Å²) in [5.74, 6) is 1.71. The van der Waals surface area contributed by atoms with E-state index >= 15 is 0 Å². The fourth-order valence-corrected chi connectivity index (χ4v) is 6.46. The first kappa shape index (κ1) is 24.4. The van der Waals surface area contributed by atoms with Crippen LogP contribution in [0.15, 0.2) is 188 Å². The molecule has 3 nitrogen and oxygen atoms in total. The van der Waals surface area contributed by atoms with Crippen molar-refractivity contribution in [2.45, 2.75) is 0 Å². The maximum atomic E-state index is 8.49. The van der Waals surface area contributed by atoms with Gasteiger partial charge in [-0.15, -0.1) is 0 Å². The van der Waals surface area contributed by atoms with Crippen LogP contribution >= 0.6 is 0 Å². The summed E-state index contributed by atoms with van der Waals surface area (Å²) in [6.45, 7) is 0. The summed E-state index contributed by atoms with van der Waals surface area (Å²) < 4.78 is 41.3. The fraction of sp³-hybridized carbons (Fsp3) is 0. The number of nitrogens with zero attached hydrogens (tertiary/aromatic N) is 3. The molecule has 0 unspecified atom stereocenters. The van der Waals surface area contributed by atoms with Crippen molar-refractivity contribution < 1.29 is 6.85 Å². The lowest BCUT2D eigenvalue weighted by atomic mass is 9.94. The van der Waals surface area contributed by atoms with Gasteiger partial charge in [0.1, 0.15) is 0 Å². The molecule has 234 valence electrons. The second-order valence-electron chi connectivity index (χ2n) is 12.1. The van der Waals surface area contributed by atoms with Gasteiger partial charge in [0.2, 0.25) is 0 Å². The van der Waals surface area contributed by atoms with E-state index in [4.69, 9.17) is 21.8 Å². The first-order valence-corrected chi connectivity index (χ1v) is 16.4. The highest BCUT2D eigenvalue weighted by molar-refractivity contribution is 5.99. The van der Waals surface area contributed by atoms with Crippen LogP contribution in [0.5, 0.6) is 0 Å². The maximum Gasteiger partial charge on any atom is 0.164 e. The molecule has 0 aliphatic carbocycles. The molecule has 0 aliphatic heterocycles. The smallest absolute Gasteiger partial charge is 0.164 e. The predicted octanol–water partition coefficient (Wildman–Crippen LogP) is 12.2. The van der Waals surface area contributed by atoms with Gasteiger partial charge in [-0.2, -0.15) is 0 Å². The van der Waals surface area contributed by atoms with Gasteiger partial charge in [-0.1, -0.05) is 164 Å². The molecule has 1 aromatic heterocycles. The molecule has 0 atom stereocenters. The highest BCUT2D eigenvalue weighted by atomic mass is 15.0. The van der Waals surface area contributed by atoms with Crippen LogP contribution in [-0.4, -0.2) is 15.0 Å². The predicted molar refractivity (Wildman–Crippen MR) is 207 cm³/mol. The first-order chi connectivity index (χ1) is 26.8. The SMILES string of the molecule is [2H]c1c([2H])c([2H])c(-c2ccc3c(-c4cccc(-c5nc(-c6ccccc6)nc(-c6ccc7cc(-c8ccccc8)ccc7c6)n5)c4)cccc3c2)c([2H])c1[2H]. The minimum atomic E-state index is -0.405. The van der Waals surface area contributed by atoms with Gasteiger partial charge < -0.3 is 0 Å². The summed E-state index contributed by atoms with van der Waals surface area (Å²) in [5.41, 5.74) is 7.63. The van der Waals surface area contributed by atoms with E-state index in [-0.39, 0.29) is 29.7 Å². The van der Waals surface area contributed by atoms with Crippen molar-refractivity contribution in [3.63, 3.8) is 0 Å². The van der Waals surface area contributed by atoms with Crippen LogP contribution < -0.4 is 0 Å². The summed E-state index contributed by atoms with van der Waals surface area (Å²) in [4.78, 5) is 15.0. The van der Waals surface area contributed by atoms with Crippen molar-refractivity contribution in [3.8, 4) is 67.5 Å². The van der Waals surface area contributed by atoms with Crippen molar-refractivity contribution in [2.24, 2.45) is 0 Å². The summed E-state index contributed by atoms with van der Waals surface area (Å²) in [7, 11) is 0. The van der Waals surface area contributed by atoms with E-state index in [0.717, 1.165) is 54.9 Å². The van der Waals surface area contributed by atoms with E-state index in [2.05, 4.69) is 78.9 Å². The molecule has 0 bridgehead atoms. The van der Waals surface area contributed by atoms with Gasteiger partial charge >= 0.3 is 0 Å². The molecule has 0 N–H and O–H groups in total. The van der Waals surface area contributed by atoms with Crippen LogP contribution in [0.2, 0.25) is 0 Å². The third-order valence-corrected chi connectivity index (χ3v) is 8.97. The molecule has 50 heavy (non-hydrogen) atoms. The molecule has 0 saturated heterocycles. The normalized spacial score (nSPS) is 12.6. The molecule has 8 aromatic carbocycles. The summed E-state index contributed by atoms with van der Waals surface area (Å²) in [6, 6.07) is 51.3. The van der Waals surface area contributed by atoms with Gasteiger partial charge in [0.15, 0.2) is 17.5 Å². The highest BCUT2D eigenvalue weighted by Gasteiger charge is 2.14. The lowest BCUT2D eigenvalue weighted by Crippen LogP contribution is -2.00. The number of fused-ring (bicyclic) bond motifs is 2. The Hall–Kier alpha value is -6.71. The van der Waals surface area contributed by atoms with Crippen LogP contribution in [0.25, 0.3) is 89.1 Å². The first-order valence-electron chi connectivity index (χ1n) is 18.9. The van der Waals surface area contributed by atoms with Gasteiger partial charge in [0, 0.05) is 16.7 Å². The zero-order chi connectivity index (χ0) is 37.6. The number of benzene rings is 8. The highest BCUT2D eigenvalue weighted by Crippen LogP contribution is 2.35. The van der Waals surface area contributed by atoms with E-state index in [1.807, 2.05) is 78.9 Å². The van der Waals surface area contributed by atoms with Crippen molar-refractivity contribution in [1.82, 2.24) is 15.0 Å². The molecule has 0 amide bonds. The van der Waals surface area contributed by atoms with Crippen LogP contribution in [0, 0.1) is 0 Å². The van der Waals surface area contributed by atoms with Crippen molar-refractivity contribution >= 4 is 21.5 Å². The van der Waals surface area contributed by atoms with E-state index in [1.54, 1.807) is 0 Å². The third kappa shape index (κ3) is 5.72. The van der Waals surface area contributed by atoms with Crippen LogP contribution in [0.4, 0.5) is 0 Å². The molecular formula is C47H31N3. The molecule has 0 aliphatic rings. The molecule has 0 fully saturated rings. The van der Waals surface area contributed by atoms with Crippen LogP contribution in [0.1, 0.15) is 6.85 Å². The van der Waals surface area contributed by atoms with E-state index in [9.17, 15) is 0 Å². The second-order valence-corrected chi connectivity index (χ2v) is 12.1. The van der Waals surface area contributed by atoms with Crippen molar-refractivity contribution in [3.05, 3.63) is 188 Å². The Labute approximate surface area is 298 Å². The molecular weight excluding hydrogens is 607 g/mol. The number of hydrogen-bond acceptors (Lipinski definition) is 3. The molecule has 9 rings (SSSR count). The lowest BCUT2D eigenvalue weighted by Gasteiger charge is -2.12. The van der Waals surface area contributed by atoms with Gasteiger partial charge in [0.05, 0.1) is 6.85 Å². The Kier molecular flexibility index (Phi) is 6.22. The zero-order valence-electron chi connectivity index (χ0n) is 31.9. The summed E-state index contributed by atoms with van der Waals surface area (Å²) in [6.07, 6.45) is 0. The molecule has 3 heteroatoms. The topological polar surface area (TPSA) is 38.7 Å². The van der Waals surface area contributed by atoms with E-state index in [1.165, 1.54) is 5.56 Å². The molecule has 0 saturated carbocycles. The standard InChI is InChI=1S/C47H31N3/c1-4-12-32(13-5-1)35-22-23-38-30-42(25-24-37(38)28-35)47-49-45(34-16-8-3-9-17-34)48-46(50-47)41-20-10-18-40(31-41)43-21-11-19-39-29-36(26-27-44(39)43)33-14-6-2-7-15-33/h1-31H/i2D,6D,7D,14D,15D. The van der Waals surface area contributed by atoms with Gasteiger partial charge in [-0.3, -0.25) is 0 Å². The number of hydrogen-bond donors (Lipinski definition) is 0. The molecule has 0 radical (unpaired) electrons. The minimum absolute atomic E-state index is 0.184. The molecule has 1 heterocycles. The fourth-order valence-electron chi connectivity index (χ4n) is 6.46. The van der Waals surface area contributed by atoms with E-state index < -0.39 is 6.04 Å². The lowest BCUT2D eigenvalue weighted by molar-refractivity contribution is 1.07. The minimum Gasteiger partial charge on any atom is -0.208 e. The molecule has 9 aromatic rings. The number of aromatic nitrogens is 3. The third-order valence-electron chi connectivity index (χ3n) is 8.97. The van der Waals surface area contributed by atoms with Gasteiger partial charge in [0.25, 0.3) is 0 Å². The van der Waals surface area contributed by atoms with Crippen LogP contribution in [0.3, 0.4) is 0 Å². The summed E-state index contributed by atoms with van der Waals surface area (Å²) >= 11 is 0. The Morgan fingerprint density at radius 1 is 0.320 bits per heavy atom. The Bertz CT molecular complexity index is 2900. The number of rotatable bonds is 6. The van der Waals surface area contributed by atoms with Crippen molar-refractivity contribution in [1.29, 1.82) is 0 Å². The monoisotopic (exact) mass is 642 g/mol. The zero-order valence-corrected chi connectivity index (χ0v) is 26.9. The quantitative estimate of drug-likeness (QED) is 0.181. The largest absolute Gasteiger partial charge is 0.208 e. The van der Waals surface area contributed by atoms with Gasteiger partial charge in [-0.05, 0) is 79.2 Å². The second kappa shape index (κ2) is 12.7. The summed E-state index contributed by atoms with van der Waals surface area (Å²) in [5, 5.41) is 4.07. The van der Waals surface area contributed by atoms with Gasteiger partial charge in [-0.25, -0.2) is 15.0 Å². The van der Waals surface area contributed by atoms with Crippen molar-refractivity contribution in [2.75, 3.05) is 0 Å². The average Bonchev–Trinajstić information content (AvgIpc) is 3.25.